The lowest BCUT2D eigenvalue weighted by molar-refractivity contribution is -0.147. The highest BCUT2D eigenvalue weighted by atomic mass is 79.9. The molecule has 1 atom stereocenters. The highest BCUT2D eigenvalue weighted by molar-refractivity contribution is 9.10. The maximum Gasteiger partial charge on any atom is 0.346 e. The number of rotatable bonds is 7. The number of esters is 1. The van der Waals surface area contributed by atoms with Crippen LogP contribution in [0.25, 0.3) is 10.9 Å². The predicted molar refractivity (Wildman–Crippen MR) is 121 cm³/mol. The molecule has 9 heteroatoms. The molecular formula is C22H22BrN3O5. The monoisotopic (exact) mass is 487 g/mol. The third kappa shape index (κ3) is 4.77. The molecule has 3 aromatic rings. The summed E-state index contributed by atoms with van der Waals surface area (Å²) in [6.45, 7) is 3.47. The molecular weight excluding hydrogens is 466 g/mol. The van der Waals surface area contributed by atoms with Crippen LogP contribution in [0.3, 0.4) is 0 Å². The molecule has 31 heavy (non-hydrogen) atoms. The van der Waals surface area contributed by atoms with E-state index in [4.69, 9.17) is 14.2 Å². The highest BCUT2D eigenvalue weighted by Gasteiger charge is 2.19. The molecule has 0 N–H and O–H groups in total. The fraction of sp³-hybridized carbons (Fsp3) is 0.273. The lowest BCUT2D eigenvalue weighted by Gasteiger charge is -2.17. The van der Waals surface area contributed by atoms with Gasteiger partial charge in [0.05, 0.1) is 31.3 Å². The number of benzene rings is 2. The van der Waals surface area contributed by atoms with Crippen LogP contribution in [0.5, 0.6) is 11.5 Å². The predicted octanol–water partition coefficient (Wildman–Crippen LogP) is 3.55. The van der Waals surface area contributed by atoms with Crippen molar-refractivity contribution in [2.75, 3.05) is 14.2 Å². The van der Waals surface area contributed by atoms with E-state index in [1.807, 2.05) is 13.0 Å². The molecule has 0 spiro atoms. The van der Waals surface area contributed by atoms with Crippen molar-refractivity contribution in [2.24, 2.45) is 5.10 Å². The minimum atomic E-state index is -0.859. The number of fused-ring (bicyclic) bond motifs is 1. The zero-order valence-electron chi connectivity index (χ0n) is 17.6. The van der Waals surface area contributed by atoms with Crippen molar-refractivity contribution >= 4 is 39.0 Å². The molecule has 162 valence electrons. The van der Waals surface area contributed by atoms with Gasteiger partial charge in [0.25, 0.3) is 5.56 Å². The van der Waals surface area contributed by atoms with Crippen molar-refractivity contribution in [3.63, 3.8) is 0 Å². The van der Waals surface area contributed by atoms with Crippen molar-refractivity contribution < 1.29 is 19.0 Å². The van der Waals surface area contributed by atoms with Crippen LogP contribution >= 0.6 is 15.9 Å². The Hall–Kier alpha value is -3.20. The number of carbonyl (C=O) groups excluding carboxylic acids is 1. The highest BCUT2D eigenvalue weighted by Crippen LogP contribution is 2.31. The molecule has 8 nitrogen and oxygen atoms in total. The Morgan fingerprint density at radius 2 is 2.06 bits per heavy atom. The molecule has 1 aromatic heterocycles. The van der Waals surface area contributed by atoms with Gasteiger partial charge in [0.2, 0.25) is 0 Å². The normalized spacial score (nSPS) is 12.2. The SMILES string of the molecule is CCc1nc2ccc(Br)cc2c(=O)n1N=Cc1cccc(OC)c1O[C@@H](C)C(=O)OC. The summed E-state index contributed by atoms with van der Waals surface area (Å²) in [5, 5.41) is 4.83. The molecule has 0 aliphatic carbocycles. The van der Waals surface area contributed by atoms with Gasteiger partial charge in [0.15, 0.2) is 17.6 Å². The number of methoxy groups -OCH3 is 2. The third-order valence-electron chi connectivity index (χ3n) is 4.56. The van der Waals surface area contributed by atoms with Crippen molar-refractivity contribution in [1.82, 2.24) is 9.66 Å². The fourth-order valence-electron chi connectivity index (χ4n) is 2.97. The van der Waals surface area contributed by atoms with E-state index in [2.05, 4.69) is 26.0 Å². The lowest BCUT2D eigenvalue weighted by Crippen LogP contribution is -2.25. The first-order valence-corrected chi connectivity index (χ1v) is 10.4. The van der Waals surface area contributed by atoms with Gasteiger partial charge >= 0.3 is 5.97 Å². The number of carbonyl (C=O) groups is 1. The van der Waals surface area contributed by atoms with Crippen LogP contribution in [0.15, 0.2) is 50.8 Å². The van der Waals surface area contributed by atoms with Crippen LogP contribution in [0.2, 0.25) is 0 Å². The number of aromatic nitrogens is 2. The molecule has 0 saturated carbocycles. The minimum absolute atomic E-state index is 0.285. The van der Waals surface area contributed by atoms with E-state index < -0.39 is 12.1 Å². The molecule has 0 unspecified atom stereocenters. The summed E-state index contributed by atoms with van der Waals surface area (Å²) in [6.07, 6.45) is 1.13. The number of hydrogen-bond donors (Lipinski definition) is 0. The van der Waals surface area contributed by atoms with E-state index in [1.54, 1.807) is 37.3 Å². The average molecular weight is 488 g/mol. The molecule has 1 heterocycles. The summed E-state index contributed by atoms with van der Waals surface area (Å²) in [6, 6.07) is 10.5. The third-order valence-corrected chi connectivity index (χ3v) is 5.05. The van der Waals surface area contributed by atoms with Gasteiger partial charge in [-0.15, -0.1) is 0 Å². The van der Waals surface area contributed by atoms with Crippen molar-refractivity contribution in [3.05, 3.63) is 62.6 Å². The van der Waals surface area contributed by atoms with Gasteiger partial charge in [-0.05, 0) is 37.3 Å². The standard InChI is InChI=1S/C22H22BrN3O5/c1-5-19-25-17-10-9-15(23)11-16(17)21(27)26(19)24-12-14-7-6-8-18(29-3)20(14)31-13(2)22(28)30-4/h6-13H,5H2,1-4H3/t13-/m0/s1. The maximum atomic E-state index is 13.1. The van der Waals surface area contributed by atoms with Crippen LogP contribution in [0, 0.1) is 0 Å². The number of para-hydroxylation sites is 1. The zero-order chi connectivity index (χ0) is 22.5. The summed E-state index contributed by atoms with van der Waals surface area (Å²) < 4.78 is 17.9. The Labute approximate surface area is 187 Å². The molecule has 0 aliphatic heterocycles. The van der Waals surface area contributed by atoms with Gasteiger partial charge in [-0.25, -0.2) is 9.78 Å². The van der Waals surface area contributed by atoms with Crippen LogP contribution < -0.4 is 15.0 Å². The smallest absolute Gasteiger partial charge is 0.346 e. The van der Waals surface area contributed by atoms with Crippen molar-refractivity contribution in [2.45, 2.75) is 26.4 Å². The van der Waals surface area contributed by atoms with E-state index in [-0.39, 0.29) is 5.56 Å². The van der Waals surface area contributed by atoms with E-state index in [1.165, 1.54) is 25.1 Å². The second kappa shape index (κ2) is 9.74. The van der Waals surface area contributed by atoms with E-state index >= 15 is 0 Å². The molecule has 0 fully saturated rings. The van der Waals surface area contributed by atoms with Gasteiger partial charge in [-0.1, -0.05) is 28.9 Å². The number of ether oxygens (including phenoxy) is 3. The molecule has 0 radical (unpaired) electrons. The quantitative estimate of drug-likeness (QED) is 0.373. The largest absolute Gasteiger partial charge is 0.493 e. The summed E-state index contributed by atoms with van der Waals surface area (Å²) in [7, 11) is 2.79. The molecule has 0 saturated heterocycles. The summed E-state index contributed by atoms with van der Waals surface area (Å²) in [5.74, 6) is 0.726. The number of aryl methyl sites for hydroxylation is 1. The van der Waals surface area contributed by atoms with Crippen LogP contribution in [-0.2, 0) is 16.0 Å². The van der Waals surface area contributed by atoms with Crippen LogP contribution in [-0.4, -0.2) is 42.2 Å². The molecule has 2 aromatic carbocycles. The van der Waals surface area contributed by atoms with E-state index in [9.17, 15) is 9.59 Å². The first-order valence-electron chi connectivity index (χ1n) is 9.56. The molecule has 0 aliphatic rings. The first-order chi connectivity index (χ1) is 14.9. The summed E-state index contributed by atoms with van der Waals surface area (Å²) in [5.41, 5.74) is 0.847. The van der Waals surface area contributed by atoms with Gasteiger partial charge < -0.3 is 14.2 Å². The lowest BCUT2D eigenvalue weighted by atomic mass is 10.2. The summed E-state index contributed by atoms with van der Waals surface area (Å²) >= 11 is 3.39. The Morgan fingerprint density at radius 3 is 2.74 bits per heavy atom. The number of halogens is 1. The van der Waals surface area contributed by atoms with Gasteiger partial charge in [0, 0.05) is 16.5 Å². The molecule has 0 bridgehead atoms. The average Bonchev–Trinajstić information content (AvgIpc) is 2.78. The Bertz CT molecular complexity index is 1210. The van der Waals surface area contributed by atoms with E-state index in [0.717, 1.165) is 4.47 Å². The second-order valence-electron chi connectivity index (χ2n) is 6.57. The molecule has 0 amide bonds. The summed E-state index contributed by atoms with van der Waals surface area (Å²) in [4.78, 5) is 29.4. The maximum absolute atomic E-state index is 13.1. The Morgan fingerprint density at radius 1 is 1.29 bits per heavy atom. The van der Waals surface area contributed by atoms with Gasteiger partial charge in [0.1, 0.15) is 5.82 Å². The number of hydrogen-bond acceptors (Lipinski definition) is 7. The number of nitrogens with zero attached hydrogens (tertiary/aromatic N) is 3. The molecule has 3 rings (SSSR count). The van der Waals surface area contributed by atoms with Crippen molar-refractivity contribution in [3.8, 4) is 11.5 Å². The van der Waals surface area contributed by atoms with Crippen molar-refractivity contribution in [1.29, 1.82) is 0 Å². The Balaban J connectivity index is 2.09. The van der Waals surface area contributed by atoms with Crippen LogP contribution in [0.1, 0.15) is 25.2 Å². The second-order valence-corrected chi connectivity index (χ2v) is 7.48. The first kappa shape index (κ1) is 22.5. The Kier molecular flexibility index (Phi) is 7.06. The minimum Gasteiger partial charge on any atom is -0.493 e. The van der Waals surface area contributed by atoms with Gasteiger partial charge in [-0.2, -0.15) is 9.78 Å². The fourth-order valence-corrected chi connectivity index (χ4v) is 3.34. The van der Waals surface area contributed by atoms with E-state index in [0.29, 0.717) is 40.2 Å². The van der Waals surface area contributed by atoms with Crippen LogP contribution in [0.4, 0.5) is 0 Å². The van der Waals surface area contributed by atoms with Gasteiger partial charge in [-0.3, -0.25) is 4.79 Å². The zero-order valence-corrected chi connectivity index (χ0v) is 19.2. The topological polar surface area (TPSA) is 92.0 Å².